The Labute approximate surface area is 170 Å². The van der Waals surface area contributed by atoms with E-state index in [1.54, 1.807) is 0 Å². The topological polar surface area (TPSA) is 144 Å². The van der Waals surface area contributed by atoms with Gasteiger partial charge in [-0.15, -0.1) is 0 Å². The lowest BCUT2D eigenvalue weighted by molar-refractivity contribution is 0.0454. The summed E-state index contributed by atoms with van der Waals surface area (Å²) in [6, 6.07) is 5.75. The smallest absolute Gasteiger partial charge is 0.338 e. The first kappa shape index (κ1) is 20.6. The molecule has 0 bridgehead atoms. The molecule has 0 spiro atoms. The number of nitrogens with one attached hydrogen (secondary N) is 2. The van der Waals surface area contributed by atoms with Gasteiger partial charge in [0.15, 0.2) is 23.2 Å². The lowest BCUT2D eigenvalue weighted by Crippen LogP contribution is -2.08. The largest absolute Gasteiger partial charge is 0.456 e. The first-order chi connectivity index (χ1) is 14.3. The summed E-state index contributed by atoms with van der Waals surface area (Å²) < 4.78 is 10.3. The summed E-state index contributed by atoms with van der Waals surface area (Å²) in [6.07, 6.45) is 2.98. The second-order valence-corrected chi connectivity index (χ2v) is 6.32. The monoisotopic (exact) mass is 410 g/mol. The average Bonchev–Trinajstić information content (AvgIpc) is 3.40. The van der Waals surface area contributed by atoms with Gasteiger partial charge in [0.1, 0.15) is 13.2 Å². The Kier molecular flexibility index (Phi) is 6.16. The van der Waals surface area contributed by atoms with Crippen molar-refractivity contribution in [2.75, 3.05) is 0 Å². The molecule has 0 unspecified atom stereocenters. The molecule has 3 aromatic rings. The van der Waals surface area contributed by atoms with E-state index in [-0.39, 0.29) is 47.6 Å². The van der Waals surface area contributed by atoms with E-state index in [0.29, 0.717) is 11.4 Å². The number of nitrogens with zero attached hydrogens (tertiary/aromatic N) is 2. The molecule has 2 N–H and O–H groups in total. The average molecular weight is 410 g/mol. The molecule has 0 aliphatic heterocycles. The van der Waals surface area contributed by atoms with Crippen molar-refractivity contribution in [3.63, 3.8) is 0 Å². The first-order valence-electron chi connectivity index (χ1n) is 8.88. The second-order valence-electron chi connectivity index (χ2n) is 6.32. The van der Waals surface area contributed by atoms with Crippen molar-refractivity contribution in [2.45, 2.75) is 27.1 Å². The summed E-state index contributed by atoms with van der Waals surface area (Å²) in [6.45, 7) is 2.55. The third-order valence-electron chi connectivity index (χ3n) is 3.99. The van der Waals surface area contributed by atoms with Gasteiger partial charge in [-0.25, -0.2) is 19.6 Å². The maximum Gasteiger partial charge on any atom is 0.338 e. The van der Waals surface area contributed by atoms with Crippen LogP contribution < -0.4 is 0 Å². The van der Waals surface area contributed by atoms with Crippen molar-refractivity contribution in [3.05, 3.63) is 70.8 Å². The van der Waals surface area contributed by atoms with Crippen molar-refractivity contribution in [2.24, 2.45) is 0 Å². The van der Waals surface area contributed by atoms with Crippen LogP contribution in [0.5, 0.6) is 0 Å². The number of esters is 2. The summed E-state index contributed by atoms with van der Waals surface area (Å²) in [4.78, 5) is 60.0. The molecule has 2 aromatic heterocycles. The van der Waals surface area contributed by atoms with Crippen molar-refractivity contribution in [3.8, 4) is 0 Å². The maximum atomic E-state index is 12.1. The van der Waals surface area contributed by atoms with E-state index < -0.39 is 11.9 Å². The minimum absolute atomic E-state index is 0.0989. The molecule has 3 rings (SSSR count). The van der Waals surface area contributed by atoms with Crippen LogP contribution in [-0.2, 0) is 22.7 Å². The number of hydrogen-bond donors (Lipinski definition) is 2. The van der Waals surface area contributed by atoms with E-state index in [9.17, 15) is 19.2 Å². The van der Waals surface area contributed by atoms with Crippen LogP contribution in [0.4, 0.5) is 0 Å². The summed E-state index contributed by atoms with van der Waals surface area (Å²) >= 11 is 0. The third-order valence-corrected chi connectivity index (χ3v) is 3.99. The molecule has 0 atom stereocenters. The predicted molar refractivity (Wildman–Crippen MR) is 102 cm³/mol. The molecule has 0 aliphatic carbocycles. The molecule has 30 heavy (non-hydrogen) atoms. The Morgan fingerprint density at radius 2 is 1.10 bits per heavy atom. The molecule has 0 saturated carbocycles. The number of imidazole rings is 2. The van der Waals surface area contributed by atoms with Gasteiger partial charge in [0.05, 0.1) is 22.5 Å². The van der Waals surface area contributed by atoms with Crippen LogP contribution in [0.25, 0.3) is 0 Å². The summed E-state index contributed by atoms with van der Waals surface area (Å²) in [5, 5.41) is 0. The van der Waals surface area contributed by atoms with Gasteiger partial charge >= 0.3 is 11.9 Å². The Morgan fingerprint density at radius 3 is 1.40 bits per heavy atom. The minimum Gasteiger partial charge on any atom is -0.456 e. The number of ether oxygens (including phenoxy) is 2. The van der Waals surface area contributed by atoms with Gasteiger partial charge in [-0.2, -0.15) is 0 Å². The highest BCUT2D eigenvalue weighted by molar-refractivity contribution is 5.93. The lowest BCUT2D eigenvalue weighted by atomic mass is 10.1. The number of benzene rings is 1. The van der Waals surface area contributed by atoms with Gasteiger partial charge in [0.2, 0.25) is 0 Å². The van der Waals surface area contributed by atoms with Crippen LogP contribution in [0, 0.1) is 0 Å². The second kappa shape index (κ2) is 8.95. The van der Waals surface area contributed by atoms with E-state index in [4.69, 9.17) is 9.47 Å². The van der Waals surface area contributed by atoms with Crippen molar-refractivity contribution in [1.82, 2.24) is 19.9 Å². The Morgan fingerprint density at radius 1 is 0.733 bits per heavy atom. The van der Waals surface area contributed by atoms with Crippen LogP contribution in [0.2, 0.25) is 0 Å². The van der Waals surface area contributed by atoms with Crippen molar-refractivity contribution < 1.29 is 28.7 Å². The quantitative estimate of drug-likeness (QED) is 0.425. The molecular weight excluding hydrogens is 392 g/mol. The van der Waals surface area contributed by atoms with E-state index in [1.807, 2.05) is 0 Å². The van der Waals surface area contributed by atoms with Gasteiger partial charge in [0.25, 0.3) is 0 Å². The highest BCUT2D eigenvalue weighted by atomic mass is 16.5. The number of rotatable bonds is 8. The molecule has 10 heteroatoms. The van der Waals surface area contributed by atoms with Crippen LogP contribution in [0.3, 0.4) is 0 Å². The predicted octanol–water partition coefficient (Wildman–Crippen LogP) is 2.25. The summed E-state index contributed by atoms with van der Waals surface area (Å²) in [5.74, 6) is -1.26. The molecule has 0 fully saturated rings. The lowest BCUT2D eigenvalue weighted by Gasteiger charge is -2.05. The molecule has 2 heterocycles. The van der Waals surface area contributed by atoms with E-state index in [2.05, 4.69) is 19.9 Å². The Balaban J connectivity index is 1.52. The van der Waals surface area contributed by atoms with E-state index in [0.717, 1.165) is 0 Å². The first-order valence-corrected chi connectivity index (χ1v) is 8.88. The van der Waals surface area contributed by atoms with E-state index >= 15 is 0 Å². The number of aromatic amines is 2. The summed E-state index contributed by atoms with van der Waals surface area (Å²) in [5.41, 5.74) is 1.32. The highest BCUT2D eigenvalue weighted by Crippen LogP contribution is 2.10. The zero-order valence-electron chi connectivity index (χ0n) is 16.2. The van der Waals surface area contributed by atoms with Gasteiger partial charge < -0.3 is 19.4 Å². The van der Waals surface area contributed by atoms with Crippen LogP contribution >= 0.6 is 0 Å². The van der Waals surface area contributed by atoms with Gasteiger partial charge in [-0.3, -0.25) is 9.59 Å². The Bertz CT molecular complexity index is 1010. The van der Waals surface area contributed by atoms with Crippen LogP contribution in [0.1, 0.15) is 67.2 Å². The van der Waals surface area contributed by atoms with Gasteiger partial charge in [-0.05, 0) is 24.3 Å². The third kappa shape index (κ3) is 5.04. The number of carbonyl (C=O) groups excluding carboxylic acids is 4. The van der Waals surface area contributed by atoms with E-state index in [1.165, 1.54) is 50.5 Å². The SMILES string of the molecule is CC(=O)c1nc(COC(=O)c2ccc(C(=O)OCc3c[nH]c(C(C)=O)n3)cc2)c[nH]1. The molecule has 0 amide bonds. The molecule has 0 saturated heterocycles. The fourth-order valence-corrected chi connectivity index (χ4v) is 2.42. The Hall–Kier alpha value is -4.08. The van der Waals surface area contributed by atoms with Gasteiger partial charge in [-0.1, -0.05) is 0 Å². The molecule has 10 nitrogen and oxygen atoms in total. The van der Waals surface area contributed by atoms with Gasteiger partial charge in [0, 0.05) is 26.2 Å². The molecule has 154 valence electrons. The highest BCUT2D eigenvalue weighted by Gasteiger charge is 2.14. The standard InChI is InChI=1S/C20H18N4O6/c1-11(25)17-21-7-15(23-17)9-29-19(27)13-3-5-14(6-4-13)20(28)30-10-16-8-22-18(24-16)12(2)26/h3-8H,9-10H2,1-2H3,(H,21,23)(H,22,24). The molecule has 0 radical (unpaired) electrons. The number of aromatic nitrogens is 4. The zero-order valence-corrected chi connectivity index (χ0v) is 16.2. The number of ketones is 2. The molecule has 1 aromatic carbocycles. The normalized spacial score (nSPS) is 10.5. The zero-order chi connectivity index (χ0) is 21.7. The summed E-state index contributed by atoms with van der Waals surface area (Å²) in [7, 11) is 0. The molecule has 0 aliphatic rings. The maximum absolute atomic E-state index is 12.1. The van der Waals surface area contributed by atoms with Crippen molar-refractivity contribution >= 4 is 23.5 Å². The number of H-pyrrole nitrogens is 2. The van der Waals surface area contributed by atoms with Crippen molar-refractivity contribution in [1.29, 1.82) is 0 Å². The number of hydrogen-bond acceptors (Lipinski definition) is 8. The minimum atomic E-state index is -0.601. The number of carbonyl (C=O) groups is 4. The fraction of sp³-hybridized carbons (Fsp3) is 0.200. The molecular formula is C20H18N4O6. The van der Waals surface area contributed by atoms with Crippen LogP contribution in [0.15, 0.2) is 36.7 Å². The van der Waals surface area contributed by atoms with Crippen LogP contribution in [-0.4, -0.2) is 43.4 Å². The fourth-order valence-electron chi connectivity index (χ4n) is 2.42. The number of Topliss-reactive ketones (excluding diaryl/α,β-unsaturated/α-hetero) is 2.